The van der Waals surface area contributed by atoms with Crippen LogP contribution in [0.2, 0.25) is 0 Å². The van der Waals surface area contributed by atoms with Crippen LogP contribution in [0.1, 0.15) is 20.8 Å². The van der Waals surface area contributed by atoms with E-state index < -0.39 is 17.6 Å². The zero-order valence-corrected chi connectivity index (χ0v) is 17.7. The first-order valence-electron chi connectivity index (χ1n) is 7.79. The number of hydrogen-bond donors (Lipinski definition) is 3. The van der Waals surface area contributed by atoms with Crippen LogP contribution in [0.15, 0.2) is 0 Å². The summed E-state index contributed by atoms with van der Waals surface area (Å²) in [4.78, 5) is 9.34. The van der Waals surface area contributed by atoms with E-state index in [9.17, 15) is 25.2 Å². The molecule has 4 N–H and O–H groups in total. The van der Waals surface area contributed by atoms with Crippen molar-refractivity contribution in [1.82, 2.24) is 0 Å². The van der Waals surface area contributed by atoms with Gasteiger partial charge in [-0.1, -0.05) is 13.8 Å². The number of carbonyl (C=O) groups is 1. The number of rotatable bonds is 10. The molecule has 11 nitrogen and oxygen atoms in total. The number of hydrogen-bond acceptors (Lipinski definition) is 10. The molecule has 0 rings (SSSR count). The fourth-order valence-electron chi connectivity index (χ4n) is 0.451. The van der Waals surface area contributed by atoms with Gasteiger partial charge in [-0.3, -0.25) is 0 Å². The number of carboxylic acid groups (broad SMARTS) is 1. The average molecular weight is 434 g/mol. The zero-order chi connectivity index (χ0) is 21.4. The van der Waals surface area contributed by atoms with E-state index in [2.05, 4.69) is 9.47 Å². The molecule has 1 unspecified atom stereocenters. The molecule has 0 fully saturated rings. The van der Waals surface area contributed by atoms with Gasteiger partial charge in [0.1, 0.15) is 0 Å². The monoisotopic (exact) mass is 434 g/mol. The third-order valence-corrected chi connectivity index (χ3v) is 1.63. The van der Waals surface area contributed by atoms with Gasteiger partial charge in [-0.2, -0.15) is 6.61 Å². The van der Waals surface area contributed by atoms with Crippen molar-refractivity contribution in [2.75, 3.05) is 59.5 Å². The van der Waals surface area contributed by atoms with Crippen LogP contribution < -0.4 is 20.4 Å². The molecule has 0 bridgehead atoms. The van der Waals surface area contributed by atoms with Gasteiger partial charge in [0.15, 0.2) is 0 Å². The van der Waals surface area contributed by atoms with Gasteiger partial charge in [0.05, 0.1) is 38.5 Å². The maximum absolute atomic E-state index is 9.76. The van der Waals surface area contributed by atoms with E-state index in [1.54, 1.807) is 13.8 Å². The average Bonchev–Trinajstić information content (AvgIpc) is 2.57. The maximum atomic E-state index is 9.76. The van der Waals surface area contributed by atoms with E-state index in [-0.39, 0.29) is 81.2 Å². The predicted octanol–water partition coefficient (Wildman–Crippen LogP) is -5.00. The first kappa shape index (κ1) is 37.6. The molecule has 0 saturated heterocycles. The number of carbonyl (C=O) groups excluding carboxylic acids is 1. The summed E-state index contributed by atoms with van der Waals surface area (Å²) in [6.07, 6.45) is -1.34. The molecule has 0 aromatic rings. The van der Waals surface area contributed by atoms with Crippen LogP contribution in [0.25, 0.3) is 5.73 Å². The molecule has 162 valence electrons. The van der Waals surface area contributed by atoms with Crippen molar-refractivity contribution in [3.8, 4) is 0 Å². The summed E-state index contributed by atoms with van der Waals surface area (Å²) in [6.45, 7) is 4.55. The molecule has 0 amide bonds. The number of aliphatic hydroxyl groups is 3. The third kappa shape index (κ3) is 66.7. The van der Waals surface area contributed by atoms with Gasteiger partial charge in [0.25, 0.3) is 0 Å². The van der Waals surface area contributed by atoms with Gasteiger partial charge in [0.2, 0.25) is 0 Å². The molecular weight excluding hydrogens is 402 g/mol. The number of carboxylic acids is 1. The van der Waals surface area contributed by atoms with E-state index in [4.69, 9.17) is 21.1 Å². The number of ether oxygens (including phenoxy) is 2. The zero-order valence-electron chi connectivity index (χ0n) is 16.1. The van der Waals surface area contributed by atoms with Crippen molar-refractivity contribution >= 4 is 5.97 Å². The Morgan fingerprint density at radius 1 is 1.00 bits per heavy atom. The van der Waals surface area contributed by atoms with Crippen LogP contribution in [0, 0.1) is 0 Å². The summed E-state index contributed by atoms with van der Waals surface area (Å²) < 4.78 is 9.14. The number of aliphatic carboxylic acids is 1. The van der Waals surface area contributed by atoms with Gasteiger partial charge in [0, 0.05) is 13.2 Å². The quantitative estimate of drug-likeness (QED) is 0.220. The summed E-state index contributed by atoms with van der Waals surface area (Å²) in [5, 5.41) is 62.4. The molecule has 0 radical (unpaired) electrons. The van der Waals surface area contributed by atoms with E-state index in [0.29, 0.717) is 0 Å². The van der Waals surface area contributed by atoms with E-state index >= 15 is 0 Å². The smallest absolute Gasteiger partial charge is 0.855 e. The molecule has 0 aliphatic rings. The molecule has 12 heteroatoms. The Morgan fingerprint density at radius 3 is 1.37 bits per heavy atom. The van der Waals surface area contributed by atoms with Crippen LogP contribution in [-0.2, 0) is 36.0 Å². The minimum atomic E-state index is -1.44. The molecule has 0 aliphatic carbocycles. The van der Waals surface area contributed by atoms with Gasteiger partial charge in [-0.05, 0) is 6.92 Å². The minimum absolute atomic E-state index is 0. The normalized spacial score (nSPS) is 10.6. The predicted molar refractivity (Wildman–Crippen MR) is 85.5 cm³/mol. The van der Waals surface area contributed by atoms with Crippen LogP contribution in [-0.4, -0.2) is 92.4 Å². The van der Waals surface area contributed by atoms with Gasteiger partial charge < -0.3 is 55.7 Å². The first-order chi connectivity index (χ1) is 12.0. The Morgan fingerprint density at radius 2 is 1.26 bits per heavy atom. The summed E-state index contributed by atoms with van der Waals surface area (Å²) >= 11 is 0. The molecule has 0 aliphatic heterocycles. The SMILES string of the molecule is CC(C)([NH-])C[O-].CC(O)C(=O)[O-].[O-]CCOCCO.[O-]CCOCCO.[Ti+4]. The fraction of sp³-hybridized carbons (Fsp3) is 0.933. The maximum Gasteiger partial charge on any atom is 4.00 e. The summed E-state index contributed by atoms with van der Waals surface area (Å²) in [7, 11) is 0. The van der Waals surface area contributed by atoms with Gasteiger partial charge >= 0.3 is 21.7 Å². The van der Waals surface area contributed by atoms with Crippen molar-refractivity contribution in [2.24, 2.45) is 0 Å². The molecule has 0 heterocycles. The van der Waals surface area contributed by atoms with Crippen molar-refractivity contribution in [3.05, 3.63) is 5.73 Å². The van der Waals surface area contributed by atoms with Crippen molar-refractivity contribution < 1.29 is 71.7 Å². The van der Waals surface area contributed by atoms with E-state index in [1.165, 1.54) is 0 Å². The Bertz CT molecular complexity index is 247. The molecule has 27 heavy (non-hydrogen) atoms. The van der Waals surface area contributed by atoms with Crippen LogP contribution in [0.4, 0.5) is 0 Å². The fourth-order valence-corrected chi connectivity index (χ4v) is 0.451. The molecule has 0 aromatic carbocycles. The second-order valence-electron chi connectivity index (χ2n) is 5.10. The van der Waals surface area contributed by atoms with Crippen molar-refractivity contribution in [1.29, 1.82) is 0 Å². The largest absolute Gasteiger partial charge is 4.00 e. The first-order valence-corrected chi connectivity index (χ1v) is 7.79. The molecule has 0 saturated carbocycles. The number of nitrogens with one attached hydrogen (secondary N) is 1. The standard InChI is InChI=1S/C4H9NO.2C4H9O3.C3H6O3.Ti/c1-4(2,5)3-6;2*5-1-3-7-4-2-6;1-2(4)3(5)6;/h5H,3H2,1-2H3;2*5H,1-4H2;2,4H,1H3,(H,5,6);/q-2;2*-1;;+4/p-1. The third-order valence-electron chi connectivity index (χ3n) is 1.63. The second kappa shape index (κ2) is 30.5. The summed E-state index contributed by atoms with van der Waals surface area (Å²) in [6, 6.07) is 0. The van der Waals surface area contributed by atoms with E-state index in [1.807, 2.05) is 0 Å². The molecular formula is C15H32NO10Ti-. The summed E-state index contributed by atoms with van der Waals surface area (Å²) in [5.74, 6) is -1.44. The summed E-state index contributed by atoms with van der Waals surface area (Å²) in [5.41, 5.74) is 6.10. The van der Waals surface area contributed by atoms with Crippen molar-refractivity contribution in [2.45, 2.75) is 32.4 Å². The minimum Gasteiger partial charge on any atom is -0.855 e. The second-order valence-corrected chi connectivity index (χ2v) is 5.10. The topological polar surface area (TPSA) is 212 Å². The molecule has 0 aromatic heterocycles. The van der Waals surface area contributed by atoms with Gasteiger partial charge in [-0.25, -0.2) is 0 Å². The van der Waals surface area contributed by atoms with Gasteiger partial charge in [-0.15, -0.1) is 18.8 Å². The Labute approximate surface area is 175 Å². The molecule has 0 spiro atoms. The van der Waals surface area contributed by atoms with Crippen LogP contribution >= 0.6 is 0 Å². The van der Waals surface area contributed by atoms with Crippen molar-refractivity contribution in [3.63, 3.8) is 0 Å². The Kier molecular flexibility index (Phi) is 42.5. The Balaban J connectivity index is -0.0000000789. The Hall–Kier alpha value is -0.176. The number of aliphatic hydroxyl groups excluding tert-OH is 3. The van der Waals surface area contributed by atoms with E-state index in [0.717, 1.165) is 6.92 Å². The molecule has 1 atom stereocenters. The van der Waals surface area contributed by atoms with Crippen LogP contribution in [0.5, 0.6) is 0 Å². The van der Waals surface area contributed by atoms with Crippen LogP contribution in [0.3, 0.4) is 0 Å².